The molecule has 2 N–H and O–H groups in total. The fourth-order valence-electron chi connectivity index (χ4n) is 1.73. The van der Waals surface area contributed by atoms with E-state index in [0.29, 0.717) is 6.04 Å². The largest absolute Gasteiger partial charge is 0.351 e. The summed E-state index contributed by atoms with van der Waals surface area (Å²) >= 11 is 0. The summed E-state index contributed by atoms with van der Waals surface area (Å²) in [7, 11) is 0. The van der Waals surface area contributed by atoms with Crippen LogP contribution in [0.3, 0.4) is 0 Å². The summed E-state index contributed by atoms with van der Waals surface area (Å²) in [5, 5.41) is 6.39. The summed E-state index contributed by atoms with van der Waals surface area (Å²) < 4.78 is 0. The van der Waals surface area contributed by atoms with Gasteiger partial charge in [0.25, 0.3) is 0 Å². The first-order valence-electron chi connectivity index (χ1n) is 5.51. The van der Waals surface area contributed by atoms with Gasteiger partial charge in [0.15, 0.2) is 0 Å². The Labute approximate surface area is 86.6 Å². The molecule has 0 aromatic rings. The van der Waals surface area contributed by atoms with Crippen molar-refractivity contribution in [3.05, 3.63) is 0 Å². The predicted octanol–water partition coefficient (Wildman–Crippen LogP) is 1.29. The van der Waals surface area contributed by atoms with Crippen LogP contribution in [0.15, 0.2) is 0 Å². The average molecular weight is 198 g/mol. The standard InChI is InChI=1S/C11H22N2O/c1-5-11(3,4)13-10(14)9-6-7-12-8(9)2/h8-9,12H,5-7H2,1-4H3,(H,13,14). The Hall–Kier alpha value is -0.570. The Bertz CT molecular complexity index is 213. The molecule has 2 unspecified atom stereocenters. The molecule has 1 aliphatic heterocycles. The second-order valence-electron chi connectivity index (χ2n) is 4.86. The molecule has 0 spiro atoms. The van der Waals surface area contributed by atoms with E-state index in [2.05, 4.69) is 38.3 Å². The zero-order valence-electron chi connectivity index (χ0n) is 9.68. The summed E-state index contributed by atoms with van der Waals surface area (Å²) in [6.07, 6.45) is 1.93. The highest BCUT2D eigenvalue weighted by Crippen LogP contribution is 2.17. The molecule has 0 aromatic heterocycles. The van der Waals surface area contributed by atoms with E-state index in [1.807, 2.05) is 0 Å². The number of carbonyl (C=O) groups is 1. The van der Waals surface area contributed by atoms with Crippen LogP contribution < -0.4 is 10.6 Å². The fraction of sp³-hybridized carbons (Fsp3) is 0.909. The average Bonchev–Trinajstić information content (AvgIpc) is 2.51. The highest BCUT2D eigenvalue weighted by Gasteiger charge is 2.31. The number of rotatable bonds is 3. The molecule has 3 heteroatoms. The van der Waals surface area contributed by atoms with Crippen LogP contribution in [0.25, 0.3) is 0 Å². The predicted molar refractivity (Wildman–Crippen MR) is 58.1 cm³/mol. The summed E-state index contributed by atoms with van der Waals surface area (Å²) in [5.74, 6) is 0.357. The first kappa shape index (κ1) is 11.5. The van der Waals surface area contributed by atoms with Gasteiger partial charge in [-0.2, -0.15) is 0 Å². The van der Waals surface area contributed by atoms with E-state index in [9.17, 15) is 4.79 Å². The second kappa shape index (κ2) is 4.30. The summed E-state index contributed by atoms with van der Waals surface area (Å²) in [4.78, 5) is 11.9. The number of hydrogen-bond acceptors (Lipinski definition) is 2. The molecule has 0 saturated carbocycles. The van der Waals surface area contributed by atoms with E-state index in [1.165, 1.54) is 0 Å². The minimum atomic E-state index is -0.0700. The molecule has 0 aromatic carbocycles. The molecule has 1 saturated heterocycles. The molecule has 82 valence electrons. The summed E-state index contributed by atoms with van der Waals surface area (Å²) in [6.45, 7) is 9.27. The van der Waals surface area contributed by atoms with Gasteiger partial charge in [-0.25, -0.2) is 0 Å². The molecular weight excluding hydrogens is 176 g/mol. The number of amides is 1. The topological polar surface area (TPSA) is 41.1 Å². The molecule has 3 nitrogen and oxygen atoms in total. The highest BCUT2D eigenvalue weighted by atomic mass is 16.2. The van der Waals surface area contributed by atoms with Crippen molar-refractivity contribution in [3.63, 3.8) is 0 Å². The monoisotopic (exact) mass is 198 g/mol. The van der Waals surface area contributed by atoms with Crippen molar-refractivity contribution in [2.24, 2.45) is 5.92 Å². The third-order valence-electron chi connectivity index (χ3n) is 3.21. The lowest BCUT2D eigenvalue weighted by molar-refractivity contribution is -0.126. The van der Waals surface area contributed by atoms with Crippen LogP contribution in [-0.2, 0) is 4.79 Å². The van der Waals surface area contributed by atoms with E-state index in [-0.39, 0.29) is 17.4 Å². The SMILES string of the molecule is CCC(C)(C)NC(=O)C1CCNC1C. The van der Waals surface area contributed by atoms with E-state index >= 15 is 0 Å². The van der Waals surface area contributed by atoms with Gasteiger partial charge in [0.05, 0.1) is 5.92 Å². The highest BCUT2D eigenvalue weighted by molar-refractivity contribution is 5.80. The lowest BCUT2D eigenvalue weighted by Crippen LogP contribution is -2.47. The smallest absolute Gasteiger partial charge is 0.225 e. The molecule has 1 aliphatic rings. The zero-order valence-corrected chi connectivity index (χ0v) is 9.68. The third-order valence-corrected chi connectivity index (χ3v) is 3.21. The van der Waals surface area contributed by atoms with Crippen molar-refractivity contribution >= 4 is 5.91 Å². The van der Waals surface area contributed by atoms with Crippen molar-refractivity contribution in [3.8, 4) is 0 Å². The molecule has 0 radical (unpaired) electrons. The van der Waals surface area contributed by atoms with Crippen LogP contribution >= 0.6 is 0 Å². The fourth-order valence-corrected chi connectivity index (χ4v) is 1.73. The zero-order chi connectivity index (χ0) is 10.8. The van der Waals surface area contributed by atoms with E-state index in [4.69, 9.17) is 0 Å². The number of carbonyl (C=O) groups excluding carboxylic acids is 1. The molecule has 0 bridgehead atoms. The van der Waals surface area contributed by atoms with Gasteiger partial charge in [-0.3, -0.25) is 4.79 Å². The van der Waals surface area contributed by atoms with Gasteiger partial charge in [0.1, 0.15) is 0 Å². The molecular formula is C11H22N2O. The minimum absolute atomic E-state index is 0.0700. The van der Waals surface area contributed by atoms with Crippen molar-refractivity contribution in [1.29, 1.82) is 0 Å². The molecule has 14 heavy (non-hydrogen) atoms. The first-order chi connectivity index (χ1) is 6.46. The Morgan fingerprint density at radius 3 is 2.64 bits per heavy atom. The quantitative estimate of drug-likeness (QED) is 0.717. The maximum absolute atomic E-state index is 11.9. The molecule has 1 amide bonds. The van der Waals surface area contributed by atoms with E-state index in [0.717, 1.165) is 19.4 Å². The van der Waals surface area contributed by atoms with Gasteiger partial charge >= 0.3 is 0 Å². The van der Waals surface area contributed by atoms with Gasteiger partial charge in [-0.1, -0.05) is 6.92 Å². The van der Waals surface area contributed by atoms with Crippen LogP contribution in [0.2, 0.25) is 0 Å². The van der Waals surface area contributed by atoms with Crippen LogP contribution in [-0.4, -0.2) is 24.0 Å². The van der Waals surface area contributed by atoms with Gasteiger partial charge in [0.2, 0.25) is 5.91 Å². The maximum Gasteiger partial charge on any atom is 0.225 e. The Balaban J connectivity index is 2.49. The van der Waals surface area contributed by atoms with Crippen LogP contribution in [0.4, 0.5) is 0 Å². The van der Waals surface area contributed by atoms with Crippen molar-refractivity contribution < 1.29 is 4.79 Å². The van der Waals surface area contributed by atoms with Crippen molar-refractivity contribution in [2.75, 3.05) is 6.54 Å². The number of hydrogen-bond donors (Lipinski definition) is 2. The lowest BCUT2D eigenvalue weighted by Gasteiger charge is -2.27. The lowest BCUT2D eigenvalue weighted by atomic mass is 9.97. The van der Waals surface area contributed by atoms with E-state index in [1.54, 1.807) is 0 Å². The van der Waals surface area contributed by atoms with Gasteiger partial charge in [-0.05, 0) is 40.2 Å². The molecule has 0 aliphatic carbocycles. The number of nitrogens with one attached hydrogen (secondary N) is 2. The van der Waals surface area contributed by atoms with E-state index < -0.39 is 0 Å². The van der Waals surface area contributed by atoms with Gasteiger partial charge in [0, 0.05) is 11.6 Å². The molecule has 1 heterocycles. The second-order valence-corrected chi connectivity index (χ2v) is 4.86. The Morgan fingerprint density at radius 1 is 1.57 bits per heavy atom. The van der Waals surface area contributed by atoms with Crippen LogP contribution in [0, 0.1) is 5.92 Å². The van der Waals surface area contributed by atoms with Crippen LogP contribution in [0.1, 0.15) is 40.5 Å². The first-order valence-corrected chi connectivity index (χ1v) is 5.51. The molecule has 1 rings (SSSR count). The van der Waals surface area contributed by atoms with Crippen LogP contribution in [0.5, 0.6) is 0 Å². The third kappa shape index (κ3) is 2.71. The Kier molecular flexibility index (Phi) is 3.53. The minimum Gasteiger partial charge on any atom is -0.351 e. The molecule has 1 fully saturated rings. The van der Waals surface area contributed by atoms with Gasteiger partial charge in [-0.15, -0.1) is 0 Å². The molecule has 2 atom stereocenters. The summed E-state index contributed by atoms with van der Waals surface area (Å²) in [5.41, 5.74) is -0.0700. The van der Waals surface area contributed by atoms with Crippen molar-refractivity contribution in [2.45, 2.75) is 52.1 Å². The van der Waals surface area contributed by atoms with Gasteiger partial charge < -0.3 is 10.6 Å². The van der Waals surface area contributed by atoms with Crippen molar-refractivity contribution in [1.82, 2.24) is 10.6 Å². The Morgan fingerprint density at radius 2 is 2.21 bits per heavy atom. The normalized spacial score (nSPS) is 27.7. The summed E-state index contributed by atoms with van der Waals surface area (Å²) in [6, 6.07) is 0.322. The maximum atomic E-state index is 11.9.